The minimum absolute atomic E-state index is 0.0189. The summed E-state index contributed by atoms with van der Waals surface area (Å²) in [5.74, 6) is -1.62. The number of amides is 3. The number of nitrogens with zero attached hydrogens (tertiary/aromatic N) is 2. The molecule has 1 aliphatic heterocycles. The molecule has 1 aliphatic rings. The van der Waals surface area contributed by atoms with Crippen LogP contribution in [0.2, 0.25) is 0 Å². The van der Waals surface area contributed by atoms with E-state index in [1.54, 1.807) is 45.0 Å². The Hall–Kier alpha value is -2.26. The first-order valence-electron chi connectivity index (χ1n) is 9.30. The molecule has 1 aromatic carbocycles. The van der Waals surface area contributed by atoms with Crippen molar-refractivity contribution in [3.8, 4) is 0 Å². The summed E-state index contributed by atoms with van der Waals surface area (Å²) in [6, 6.07) is 5.59. The van der Waals surface area contributed by atoms with E-state index in [-0.39, 0.29) is 24.8 Å². The van der Waals surface area contributed by atoms with Crippen molar-refractivity contribution >= 4 is 27.7 Å². The molecule has 0 aromatic heterocycles. The Balaban J connectivity index is 2.02. The van der Waals surface area contributed by atoms with E-state index in [2.05, 4.69) is 5.32 Å². The summed E-state index contributed by atoms with van der Waals surface area (Å²) in [6.07, 6.45) is 0.425. The van der Waals surface area contributed by atoms with Crippen molar-refractivity contribution in [2.24, 2.45) is 5.92 Å². The van der Waals surface area contributed by atoms with Gasteiger partial charge >= 0.3 is 0 Å². The summed E-state index contributed by atoms with van der Waals surface area (Å²) in [4.78, 5) is 39.1. The van der Waals surface area contributed by atoms with E-state index in [1.807, 2.05) is 0 Å². The van der Waals surface area contributed by atoms with Gasteiger partial charge in [-0.3, -0.25) is 19.3 Å². The molecule has 3 amide bonds. The Morgan fingerprint density at radius 3 is 2.14 bits per heavy atom. The van der Waals surface area contributed by atoms with Crippen LogP contribution in [0.25, 0.3) is 0 Å². The fourth-order valence-corrected chi connectivity index (χ4v) is 4.00. The molecule has 1 atom stereocenters. The quantitative estimate of drug-likeness (QED) is 0.486. The highest BCUT2D eigenvalue weighted by atomic mass is 32.2. The third kappa shape index (κ3) is 4.41. The molecule has 0 saturated heterocycles. The average Bonchev–Trinajstić information content (AvgIpc) is 2.90. The average molecular weight is 410 g/mol. The normalized spacial score (nSPS) is 15.3. The van der Waals surface area contributed by atoms with Crippen LogP contribution in [-0.4, -0.2) is 67.3 Å². The van der Waals surface area contributed by atoms with E-state index in [4.69, 9.17) is 0 Å². The molecule has 0 bridgehead atoms. The van der Waals surface area contributed by atoms with Crippen LogP contribution >= 0.6 is 0 Å². The Morgan fingerprint density at radius 2 is 1.68 bits per heavy atom. The number of fused-ring (bicyclic) bond motifs is 1. The summed E-state index contributed by atoms with van der Waals surface area (Å²) in [6.45, 7) is 5.64. The highest BCUT2D eigenvalue weighted by Gasteiger charge is 2.43. The molecule has 8 nitrogen and oxygen atoms in total. The molecule has 154 valence electrons. The van der Waals surface area contributed by atoms with Gasteiger partial charge in [0.25, 0.3) is 11.8 Å². The fourth-order valence-electron chi connectivity index (χ4n) is 3.16. The van der Waals surface area contributed by atoms with E-state index in [1.165, 1.54) is 11.4 Å². The van der Waals surface area contributed by atoms with E-state index < -0.39 is 33.8 Å². The highest BCUT2D eigenvalue weighted by molar-refractivity contribution is 7.89. The van der Waals surface area contributed by atoms with Gasteiger partial charge in [-0.1, -0.05) is 26.0 Å². The number of rotatable bonds is 9. The maximum absolute atomic E-state index is 12.7. The molecule has 0 radical (unpaired) electrons. The van der Waals surface area contributed by atoms with Gasteiger partial charge in [0.05, 0.1) is 16.9 Å². The maximum Gasteiger partial charge on any atom is 0.262 e. The lowest BCUT2D eigenvalue weighted by Crippen LogP contribution is -2.52. The summed E-state index contributed by atoms with van der Waals surface area (Å²) in [5, 5.41) is 2.73. The van der Waals surface area contributed by atoms with Crippen molar-refractivity contribution in [3.05, 3.63) is 35.4 Å². The van der Waals surface area contributed by atoms with Gasteiger partial charge in [-0.15, -0.1) is 0 Å². The highest BCUT2D eigenvalue weighted by Crippen LogP contribution is 2.27. The van der Waals surface area contributed by atoms with Crippen LogP contribution in [0.1, 0.15) is 47.9 Å². The van der Waals surface area contributed by atoms with Gasteiger partial charge in [0.15, 0.2) is 0 Å². The molecule has 1 N–H and O–H groups in total. The Morgan fingerprint density at radius 1 is 1.14 bits per heavy atom. The molecule has 1 aromatic rings. The van der Waals surface area contributed by atoms with Gasteiger partial charge < -0.3 is 5.32 Å². The van der Waals surface area contributed by atoms with Gasteiger partial charge in [0.2, 0.25) is 15.9 Å². The maximum atomic E-state index is 12.7. The van der Waals surface area contributed by atoms with Crippen molar-refractivity contribution in [3.63, 3.8) is 0 Å². The lowest BCUT2D eigenvalue weighted by Gasteiger charge is -2.28. The van der Waals surface area contributed by atoms with E-state index >= 15 is 0 Å². The van der Waals surface area contributed by atoms with Crippen LogP contribution in [0.4, 0.5) is 0 Å². The van der Waals surface area contributed by atoms with Crippen LogP contribution in [0.15, 0.2) is 24.3 Å². The molecule has 0 saturated carbocycles. The van der Waals surface area contributed by atoms with E-state index in [0.29, 0.717) is 17.5 Å². The molecular weight excluding hydrogens is 382 g/mol. The minimum Gasteiger partial charge on any atom is -0.354 e. The Labute approximate surface area is 165 Å². The second-order valence-electron chi connectivity index (χ2n) is 7.08. The minimum atomic E-state index is -3.26. The van der Waals surface area contributed by atoms with Crippen LogP contribution < -0.4 is 5.32 Å². The second kappa shape index (κ2) is 8.83. The lowest BCUT2D eigenvalue weighted by atomic mass is 10.0. The summed E-state index contributed by atoms with van der Waals surface area (Å²) in [7, 11) is -1.77. The van der Waals surface area contributed by atoms with E-state index in [0.717, 1.165) is 4.90 Å². The van der Waals surface area contributed by atoms with Crippen LogP contribution in [0.5, 0.6) is 0 Å². The largest absolute Gasteiger partial charge is 0.354 e. The zero-order valence-electron chi connectivity index (χ0n) is 16.6. The number of benzene rings is 1. The summed E-state index contributed by atoms with van der Waals surface area (Å²) >= 11 is 0. The number of hydrogen-bond acceptors (Lipinski definition) is 5. The van der Waals surface area contributed by atoms with Crippen LogP contribution in [0, 0.1) is 5.92 Å². The monoisotopic (exact) mass is 409 g/mol. The van der Waals surface area contributed by atoms with Gasteiger partial charge in [0, 0.05) is 20.1 Å². The second-order valence-corrected chi connectivity index (χ2v) is 9.45. The molecule has 2 rings (SSSR count). The van der Waals surface area contributed by atoms with Crippen LogP contribution in [-0.2, 0) is 14.8 Å². The van der Waals surface area contributed by atoms with Gasteiger partial charge in [-0.2, -0.15) is 0 Å². The van der Waals surface area contributed by atoms with Gasteiger partial charge in [-0.05, 0) is 31.4 Å². The number of carbonyl (C=O) groups is 3. The fraction of sp³-hybridized carbons (Fsp3) is 0.526. The zero-order valence-corrected chi connectivity index (χ0v) is 17.5. The molecule has 0 spiro atoms. The van der Waals surface area contributed by atoms with Crippen molar-refractivity contribution in [2.45, 2.75) is 33.2 Å². The first-order valence-corrected chi connectivity index (χ1v) is 10.9. The third-order valence-corrected chi connectivity index (χ3v) is 6.65. The standard InChI is InChI=1S/C19H27N3O5S/c1-5-28(26,27)21(4)12-8-11-20-17(23)16(13(2)3)22-18(24)14-9-6-7-10-15(14)19(22)25/h6-7,9-10,13,16H,5,8,11-12H2,1-4H3,(H,20,23). The number of carbonyl (C=O) groups excluding carboxylic acids is 3. The van der Waals surface area contributed by atoms with Crippen molar-refractivity contribution in [1.29, 1.82) is 0 Å². The van der Waals surface area contributed by atoms with Crippen molar-refractivity contribution < 1.29 is 22.8 Å². The van der Waals surface area contributed by atoms with Gasteiger partial charge in [0.1, 0.15) is 6.04 Å². The van der Waals surface area contributed by atoms with E-state index in [9.17, 15) is 22.8 Å². The third-order valence-electron chi connectivity index (χ3n) is 4.79. The number of nitrogens with one attached hydrogen (secondary N) is 1. The molecule has 9 heteroatoms. The first kappa shape index (κ1) is 22.0. The zero-order chi connectivity index (χ0) is 21.1. The Bertz CT molecular complexity index is 831. The number of sulfonamides is 1. The number of hydrogen-bond donors (Lipinski definition) is 1. The molecule has 0 aliphatic carbocycles. The van der Waals surface area contributed by atoms with Crippen molar-refractivity contribution in [1.82, 2.24) is 14.5 Å². The predicted octanol–water partition coefficient (Wildman–Crippen LogP) is 1.10. The van der Waals surface area contributed by atoms with Crippen LogP contribution in [0.3, 0.4) is 0 Å². The molecule has 1 heterocycles. The first-order chi connectivity index (χ1) is 13.1. The summed E-state index contributed by atoms with van der Waals surface area (Å²) < 4.78 is 24.7. The molecule has 0 fully saturated rings. The predicted molar refractivity (Wildman–Crippen MR) is 105 cm³/mol. The lowest BCUT2D eigenvalue weighted by molar-refractivity contribution is -0.126. The van der Waals surface area contributed by atoms with Gasteiger partial charge in [-0.25, -0.2) is 12.7 Å². The SMILES string of the molecule is CCS(=O)(=O)N(C)CCCNC(=O)C(C(C)C)N1C(=O)c2ccccc2C1=O. The van der Waals surface area contributed by atoms with Crippen molar-refractivity contribution in [2.75, 3.05) is 25.9 Å². The summed E-state index contributed by atoms with van der Waals surface area (Å²) in [5.41, 5.74) is 0.606. The molecule has 1 unspecified atom stereocenters. The molecule has 28 heavy (non-hydrogen) atoms. The molecular formula is C19H27N3O5S. The Kier molecular flexibility index (Phi) is 6.95. The topological polar surface area (TPSA) is 104 Å². The smallest absolute Gasteiger partial charge is 0.262 e. The number of imide groups is 1.